The smallest absolute Gasteiger partial charge is 0.352 e. The molecule has 0 bridgehead atoms. The van der Waals surface area contributed by atoms with Crippen molar-refractivity contribution in [2.75, 3.05) is 33.2 Å². The zero-order chi connectivity index (χ0) is 20.9. The van der Waals surface area contributed by atoms with E-state index < -0.39 is 12.2 Å². The number of aromatic nitrogens is 2. The Balaban J connectivity index is 0.00000320. The first kappa shape index (κ1) is 24.4. The summed E-state index contributed by atoms with van der Waals surface area (Å²) in [6.07, 6.45) is -0.398. The van der Waals surface area contributed by atoms with E-state index in [-0.39, 0.29) is 24.0 Å². The average molecular weight is 536 g/mol. The van der Waals surface area contributed by atoms with Crippen molar-refractivity contribution in [1.82, 2.24) is 24.9 Å². The standard InChI is InChI=1S/C20H27F3N6.HI/c1-16(20(21,22)23)27-8-10-28(11-9-27)19(24-2)25-12-18-13-26-29(15-18)14-17-6-4-3-5-7-17;/h3-7,13,15-16H,8-12,14H2,1-2H3,(H,24,25);1H. The van der Waals surface area contributed by atoms with Gasteiger partial charge in [0, 0.05) is 51.5 Å². The molecule has 1 saturated heterocycles. The number of aliphatic imine (C=N–C) groups is 1. The SMILES string of the molecule is CN=C(NCc1cnn(Cc2ccccc2)c1)N1CCN(C(C)C(F)(F)F)CC1.I. The highest BCUT2D eigenvalue weighted by molar-refractivity contribution is 14.0. The van der Waals surface area contributed by atoms with Crippen LogP contribution in [-0.4, -0.2) is 71.0 Å². The van der Waals surface area contributed by atoms with Gasteiger partial charge in [-0.15, -0.1) is 24.0 Å². The maximum absolute atomic E-state index is 12.9. The lowest BCUT2D eigenvalue weighted by Crippen LogP contribution is -2.56. The molecule has 1 atom stereocenters. The molecular formula is C20H28F3IN6. The number of nitrogens with zero attached hydrogens (tertiary/aromatic N) is 5. The van der Waals surface area contributed by atoms with Crippen LogP contribution in [0.5, 0.6) is 0 Å². The van der Waals surface area contributed by atoms with Crippen molar-refractivity contribution in [2.24, 2.45) is 4.99 Å². The van der Waals surface area contributed by atoms with Gasteiger partial charge in [-0.05, 0) is 12.5 Å². The fourth-order valence-electron chi connectivity index (χ4n) is 3.40. The molecule has 1 aromatic carbocycles. The fraction of sp³-hybridized carbons (Fsp3) is 0.500. The van der Waals surface area contributed by atoms with Crippen molar-refractivity contribution < 1.29 is 13.2 Å². The van der Waals surface area contributed by atoms with Gasteiger partial charge in [-0.1, -0.05) is 30.3 Å². The van der Waals surface area contributed by atoms with Crippen LogP contribution >= 0.6 is 24.0 Å². The van der Waals surface area contributed by atoms with Crippen LogP contribution in [0, 0.1) is 0 Å². The number of piperazine rings is 1. The Morgan fingerprint density at radius 3 is 2.40 bits per heavy atom. The molecule has 1 fully saturated rings. The molecule has 1 N–H and O–H groups in total. The first-order valence-electron chi connectivity index (χ1n) is 9.68. The second-order valence-corrected chi connectivity index (χ2v) is 7.17. The summed E-state index contributed by atoms with van der Waals surface area (Å²) < 4.78 is 40.6. The first-order chi connectivity index (χ1) is 13.9. The Morgan fingerprint density at radius 1 is 1.13 bits per heavy atom. The van der Waals surface area contributed by atoms with Gasteiger partial charge in [0.15, 0.2) is 5.96 Å². The van der Waals surface area contributed by atoms with Crippen LogP contribution in [0.4, 0.5) is 13.2 Å². The molecule has 0 aliphatic carbocycles. The molecule has 1 aliphatic heterocycles. The Labute approximate surface area is 192 Å². The molecule has 1 aliphatic rings. The number of nitrogens with one attached hydrogen (secondary N) is 1. The minimum absolute atomic E-state index is 0. The molecular weight excluding hydrogens is 508 g/mol. The highest BCUT2D eigenvalue weighted by Gasteiger charge is 2.41. The van der Waals surface area contributed by atoms with Gasteiger partial charge in [-0.2, -0.15) is 18.3 Å². The topological polar surface area (TPSA) is 48.7 Å². The summed E-state index contributed by atoms with van der Waals surface area (Å²) in [6.45, 7) is 4.21. The monoisotopic (exact) mass is 536 g/mol. The van der Waals surface area contributed by atoms with E-state index in [0.717, 1.165) is 5.56 Å². The first-order valence-corrected chi connectivity index (χ1v) is 9.68. The Bertz CT molecular complexity index is 800. The van der Waals surface area contributed by atoms with Crippen molar-refractivity contribution in [3.63, 3.8) is 0 Å². The van der Waals surface area contributed by atoms with Gasteiger partial charge in [0.25, 0.3) is 0 Å². The summed E-state index contributed by atoms with van der Waals surface area (Å²) in [5, 5.41) is 7.68. The molecule has 1 aromatic heterocycles. The van der Waals surface area contributed by atoms with Crippen LogP contribution in [0.3, 0.4) is 0 Å². The van der Waals surface area contributed by atoms with Gasteiger partial charge in [0.2, 0.25) is 0 Å². The van der Waals surface area contributed by atoms with E-state index in [2.05, 4.69) is 27.5 Å². The molecule has 10 heteroatoms. The van der Waals surface area contributed by atoms with E-state index >= 15 is 0 Å². The van der Waals surface area contributed by atoms with Crippen molar-refractivity contribution in [3.05, 3.63) is 53.9 Å². The van der Waals surface area contributed by atoms with E-state index in [9.17, 15) is 13.2 Å². The molecule has 0 amide bonds. The second-order valence-electron chi connectivity index (χ2n) is 7.17. The third kappa shape index (κ3) is 6.59. The molecule has 0 spiro atoms. The largest absolute Gasteiger partial charge is 0.403 e. The molecule has 2 heterocycles. The molecule has 1 unspecified atom stereocenters. The molecule has 0 saturated carbocycles. The van der Waals surface area contributed by atoms with Crippen LogP contribution in [0.15, 0.2) is 47.7 Å². The minimum Gasteiger partial charge on any atom is -0.352 e. The lowest BCUT2D eigenvalue weighted by atomic mass is 10.2. The van der Waals surface area contributed by atoms with E-state index in [1.807, 2.05) is 40.2 Å². The normalized spacial score (nSPS) is 16.8. The summed E-state index contributed by atoms with van der Waals surface area (Å²) in [6, 6.07) is 8.68. The van der Waals surface area contributed by atoms with Crippen LogP contribution in [-0.2, 0) is 13.1 Å². The molecule has 2 aromatic rings. The van der Waals surface area contributed by atoms with Crippen molar-refractivity contribution >= 4 is 29.9 Å². The summed E-state index contributed by atoms with van der Waals surface area (Å²) in [5.74, 6) is 0.695. The molecule has 0 radical (unpaired) electrons. The predicted molar refractivity (Wildman–Crippen MR) is 122 cm³/mol. The van der Waals surface area contributed by atoms with Gasteiger partial charge in [-0.25, -0.2) is 0 Å². The highest BCUT2D eigenvalue weighted by atomic mass is 127. The maximum atomic E-state index is 12.9. The summed E-state index contributed by atoms with van der Waals surface area (Å²) in [4.78, 5) is 7.75. The van der Waals surface area contributed by atoms with Gasteiger partial charge in [0.05, 0.1) is 12.7 Å². The van der Waals surface area contributed by atoms with Crippen LogP contribution < -0.4 is 5.32 Å². The summed E-state index contributed by atoms with van der Waals surface area (Å²) in [5.41, 5.74) is 2.20. The van der Waals surface area contributed by atoms with E-state index in [4.69, 9.17) is 0 Å². The van der Waals surface area contributed by atoms with Crippen molar-refractivity contribution in [3.8, 4) is 0 Å². The van der Waals surface area contributed by atoms with E-state index in [1.165, 1.54) is 17.4 Å². The van der Waals surface area contributed by atoms with Gasteiger partial charge in [0.1, 0.15) is 6.04 Å². The molecule has 6 nitrogen and oxygen atoms in total. The number of alkyl halides is 3. The fourth-order valence-corrected chi connectivity index (χ4v) is 3.40. The summed E-state index contributed by atoms with van der Waals surface area (Å²) in [7, 11) is 1.69. The summed E-state index contributed by atoms with van der Waals surface area (Å²) >= 11 is 0. The molecule has 30 heavy (non-hydrogen) atoms. The van der Waals surface area contributed by atoms with Crippen molar-refractivity contribution in [2.45, 2.75) is 32.2 Å². The number of benzene rings is 1. The zero-order valence-corrected chi connectivity index (χ0v) is 19.5. The predicted octanol–water partition coefficient (Wildman–Crippen LogP) is 3.19. The number of rotatable bonds is 5. The van der Waals surface area contributed by atoms with Crippen molar-refractivity contribution in [1.29, 1.82) is 0 Å². The third-order valence-corrected chi connectivity index (χ3v) is 5.17. The number of hydrogen-bond acceptors (Lipinski definition) is 3. The van der Waals surface area contributed by atoms with Crippen LogP contribution in [0.25, 0.3) is 0 Å². The molecule has 3 rings (SSSR count). The Morgan fingerprint density at radius 2 is 1.80 bits per heavy atom. The van der Waals surface area contributed by atoms with E-state index in [1.54, 1.807) is 7.05 Å². The zero-order valence-electron chi connectivity index (χ0n) is 17.1. The Hall–Kier alpha value is -1.82. The van der Waals surface area contributed by atoms with Crippen LogP contribution in [0.2, 0.25) is 0 Å². The highest BCUT2D eigenvalue weighted by Crippen LogP contribution is 2.25. The lowest BCUT2D eigenvalue weighted by Gasteiger charge is -2.39. The van der Waals surface area contributed by atoms with Gasteiger partial charge >= 0.3 is 6.18 Å². The third-order valence-electron chi connectivity index (χ3n) is 5.17. The van der Waals surface area contributed by atoms with Crippen LogP contribution in [0.1, 0.15) is 18.1 Å². The average Bonchev–Trinajstić information content (AvgIpc) is 3.15. The Kier molecular flexibility index (Phi) is 8.95. The quantitative estimate of drug-likeness (QED) is 0.363. The lowest BCUT2D eigenvalue weighted by molar-refractivity contribution is -0.181. The number of guanidine groups is 1. The van der Waals surface area contributed by atoms with Gasteiger partial charge in [-0.3, -0.25) is 14.6 Å². The number of hydrogen-bond donors (Lipinski definition) is 1. The maximum Gasteiger partial charge on any atom is 0.403 e. The number of halogens is 4. The second kappa shape index (κ2) is 11.0. The van der Waals surface area contributed by atoms with Gasteiger partial charge < -0.3 is 10.2 Å². The van der Waals surface area contributed by atoms with E-state index in [0.29, 0.717) is 45.2 Å². The minimum atomic E-state index is -4.19. The molecule has 166 valence electrons.